The van der Waals surface area contributed by atoms with E-state index in [0.29, 0.717) is 11.4 Å². The Morgan fingerprint density at radius 2 is 1.92 bits per heavy atom. The molecule has 0 saturated carbocycles. The maximum atomic E-state index is 12.6. The van der Waals surface area contributed by atoms with E-state index in [0.717, 1.165) is 11.3 Å². The van der Waals surface area contributed by atoms with E-state index in [1.54, 1.807) is 18.2 Å². The van der Waals surface area contributed by atoms with Crippen molar-refractivity contribution in [3.63, 3.8) is 0 Å². The van der Waals surface area contributed by atoms with E-state index in [2.05, 4.69) is 0 Å². The van der Waals surface area contributed by atoms with Crippen LogP contribution in [0.2, 0.25) is 0 Å². The van der Waals surface area contributed by atoms with E-state index < -0.39 is 21.9 Å². The van der Waals surface area contributed by atoms with E-state index in [1.165, 1.54) is 29.2 Å². The summed E-state index contributed by atoms with van der Waals surface area (Å²) in [6, 6.07) is 10.9. The molecule has 0 spiro atoms. The summed E-state index contributed by atoms with van der Waals surface area (Å²) in [5, 5.41) is 8.86. The number of carbonyl (C=O) groups excluding carboxylic acids is 1. The molecule has 0 radical (unpaired) electrons. The summed E-state index contributed by atoms with van der Waals surface area (Å²) >= 11 is 0.915. The lowest BCUT2D eigenvalue weighted by molar-refractivity contribution is -0.141. The number of carboxylic acids is 1. The zero-order valence-electron chi connectivity index (χ0n) is 13.7. The fraction of sp³-hybridized carbons (Fsp3) is 0.294. The molecule has 0 bridgehead atoms. The number of rotatable bonds is 5. The molecule has 2 aromatic rings. The minimum atomic E-state index is -3.66. The van der Waals surface area contributed by atoms with Crippen molar-refractivity contribution in [3.05, 3.63) is 47.3 Å². The Labute approximate surface area is 154 Å². The molecule has 1 N–H and O–H groups in total. The Bertz CT molecular complexity index is 906. The maximum Gasteiger partial charge on any atom is 0.306 e. The zero-order valence-corrected chi connectivity index (χ0v) is 15.3. The van der Waals surface area contributed by atoms with Gasteiger partial charge >= 0.3 is 5.97 Å². The first-order valence-corrected chi connectivity index (χ1v) is 10.2. The standard InChI is InChI=1S/C17H17NO6S2/c19-15(20)10-12-11-18(8-9-24-12)17(21)14-6-7-16(25-14)26(22,23)13-4-2-1-3-5-13/h1-7,12H,8-11H2,(H,19,20). The van der Waals surface area contributed by atoms with Crippen LogP contribution in [0, 0.1) is 0 Å². The SMILES string of the molecule is O=C(O)CC1CN(C(=O)c2ccc(S(=O)(=O)c3ccccc3)s2)CCO1. The van der Waals surface area contributed by atoms with Crippen molar-refractivity contribution in [2.24, 2.45) is 0 Å². The number of sulfone groups is 1. The normalized spacial score (nSPS) is 17.8. The van der Waals surface area contributed by atoms with E-state index in [-0.39, 0.29) is 34.6 Å². The van der Waals surface area contributed by atoms with Gasteiger partial charge in [0.15, 0.2) is 0 Å². The number of carbonyl (C=O) groups is 2. The van der Waals surface area contributed by atoms with Crippen LogP contribution >= 0.6 is 11.3 Å². The summed E-state index contributed by atoms with van der Waals surface area (Å²) in [7, 11) is -3.66. The second kappa shape index (κ2) is 7.56. The number of benzene rings is 1. The zero-order chi connectivity index (χ0) is 18.7. The van der Waals surface area contributed by atoms with Crippen molar-refractivity contribution in [2.75, 3.05) is 19.7 Å². The monoisotopic (exact) mass is 395 g/mol. The van der Waals surface area contributed by atoms with Crippen molar-refractivity contribution < 1.29 is 27.9 Å². The van der Waals surface area contributed by atoms with E-state index in [1.807, 2.05) is 0 Å². The summed E-state index contributed by atoms with van der Waals surface area (Å²) in [6.07, 6.45) is -0.736. The van der Waals surface area contributed by atoms with Gasteiger partial charge in [-0.1, -0.05) is 18.2 Å². The molecule has 26 heavy (non-hydrogen) atoms. The van der Waals surface area contributed by atoms with Crippen LogP contribution in [0.1, 0.15) is 16.1 Å². The second-order valence-corrected chi connectivity index (χ2v) is 9.04. The van der Waals surface area contributed by atoms with Gasteiger partial charge in [0.2, 0.25) is 9.84 Å². The van der Waals surface area contributed by atoms with Crippen LogP contribution in [0.15, 0.2) is 51.6 Å². The predicted octanol–water partition coefficient (Wildman–Crippen LogP) is 1.90. The lowest BCUT2D eigenvalue weighted by atomic mass is 10.2. The van der Waals surface area contributed by atoms with Gasteiger partial charge in [0.1, 0.15) is 4.21 Å². The first-order chi connectivity index (χ1) is 12.4. The first-order valence-electron chi connectivity index (χ1n) is 7.90. The van der Waals surface area contributed by atoms with Gasteiger partial charge in [0, 0.05) is 13.1 Å². The summed E-state index contributed by atoms with van der Waals surface area (Å²) in [5.74, 6) is -1.31. The molecule has 1 atom stereocenters. The highest BCUT2D eigenvalue weighted by Crippen LogP contribution is 2.28. The molecule has 0 aliphatic carbocycles. The molecule has 1 aromatic heterocycles. The minimum Gasteiger partial charge on any atom is -0.481 e. The average molecular weight is 395 g/mol. The van der Waals surface area contributed by atoms with Crippen LogP contribution < -0.4 is 0 Å². The number of nitrogens with zero attached hydrogens (tertiary/aromatic N) is 1. The Morgan fingerprint density at radius 1 is 1.19 bits per heavy atom. The van der Waals surface area contributed by atoms with Gasteiger partial charge < -0.3 is 14.7 Å². The molecular formula is C17H17NO6S2. The number of morpholine rings is 1. The van der Waals surface area contributed by atoms with Crippen molar-refractivity contribution >= 4 is 33.1 Å². The third-order valence-corrected chi connectivity index (χ3v) is 7.27. The van der Waals surface area contributed by atoms with Crippen LogP contribution in [0.5, 0.6) is 0 Å². The third kappa shape index (κ3) is 3.95. The molecule has 1 fully saturated rings. The minimum absolute atomic E-state index is 0.0994. The molecule has 1 aliphatic heterocycles. The van der Waals surface area contributed by atoms with Crippen molar-refractivity contribution in [3.8, 4) is 0 Å². The Kier molecular flexibility index (Phi) is 5.40. The number of aliphatic carboxylic acids is 1. The first kappa shape index (κ1) is 18.6. The van der Waals surface area contributed by atoms with E-state index in [4.69, 9.17) is 9.84 Å². The lowest BCUT2D eigenvalue weighted by Crippen LogP contribution is -2.46. The molecule has 1 aromatic carbocycles. The van der Waals surface area contributed by atoms with E-state index in [9.17, 15) is 18.0 Å². The summed E-state index contributed by atoms with van der Waals surface area (Å²) in [4.78, 5) is 25.4. The van der Waals surface area contributed by atoms with E-state index >= 15 is 0 Å². The van der Waals surface area contributed by atoms with Crippen LogP contribution in [-0.4, -0.2) is 56.1 Å². The highest BCUT2D eigenvalue weighted by Gasteiger charge is 2.28. The smallest absolute Gasteiger partial charge is 0.306 e. The fourth-order valence-corrected chi connectivity index (χ4v) is 5.37. The molecular weight excluding hydrogens is 378 g/mol. The number of thiophene rings is 1. The molecule has 1 amide bonds. The van der Waals surface area contributed by atoms with Crippen LogP contribution in [0.25, 0.3) is 0 Å². The maximum absolute atomic E-state index is 12.6. The Balaban J connectivity index is 1.77. The highest BCUT2D eigenvalue weighted by molar-refractivity contribution is 7.93. The van der Waals surface area contributed by atoms with Crippen LogP contribution in [-0.2, 0) is 19.4 Å². The Hall–Kier alpha value is -2.23. The van der Waals surface area contributed by atoms with Crippen molar-refractivity contribution in [1.82, 2.24) is 4.90 Å². The molecule has 1 saturated heterocycles. The number of carboxylic acid groups (broad SMARTS) is 1. The molecule has 1 aliphatic rings. The topological polar surface area (TPSA) is 101 Å². The molecule has 138 valence electrons. The molecule has 9 heteroatoms. The summed E-state index contributed by atoms with van der Waals surface area (Å²) in [6.45, 7) is 0.766. The number of amides is 1. The largest absolute Gasteiger partial charge is 0.481 e. The lowest BCUT2D eigenvalue weighted by Gasteiger charge is -2.32. The van der Waals surface area contributed by atoms with Crippen molar-refractivity contribution in [1.29, 1.82) is 0 Å². The van der Waals surface area contributed by atoms with Gasteiger partial charge in [0.05, 0.1) is 28.9 Å². The molecule has 7 nitrogen and oxygen atoms in total. The summed E-state index contributed by atoms with van der Waals surface area (Å²) in [5.41, 5.74) is 0. The predicted molar refractivity (Wildman–Crippen MR) is 94.1 cm³/mol. The van der Waals surface area contributed by atoms with Gasteiger partial charge in [-0.2, -0.15) is 0 Å². The van der Waals surface area contributed by atoms with Crippen LogP contribution in [0.3, 0.4) is 0 Å². The quantitative estimate of drug-likeness (QED) is 0.830. The van der Waals surface area contributed by atoms with Gasteiger partial charge in [-0.15, -0.1) is 11.3 Å². The molecule has 3 rings (SSSR count). The molecule has 1 unspecified atom stereocenters. The second-order valence-electron chi connectivity index (χ2n) is 5.78. The summed E-state index contributed by atoms with van der Waals surface area (Å²) < 4.78 is 30.7. The molecule has 2 heterocycles. The number of ether oxygens (including phenoxy) is 1. The Morgan fingerprint density at radius 3 is 2.62 bits per heavy atom. The van der Waals surface area contributed by atoms with Gasteiger partial charge in [0.25, 0.3) is 5.91 Å². The van der Waals surface area contributed by atoms with Gasteiger partial charge in [-0.05, 0) is 24.3 Å². The van der Waals surface area contributed by atoms with Gasteiger partial charge in [-0.3, -0.25) is 9.59 Å². The number of hydrogen-bond acceptors (Lipinski definition) is 6. The average Bonchev–Trinajstić information content (AvgIpc) is 3.12. The van der Waals surface area contributed by atoms with Crippen molar-refractivity contribution in [2.45, 2.75) is 21.6 Å². The highest BCUT2D eigenvalue weighted by atomic mass is 32.2. The fourth-order valence-electron chi connectivity index (χ4n) is 2.67. The van der Waals surface area contributed by atoms with Crippen LogP contribution in [0.4, 0.5) is 0 Å². The third-order valence-electron chi connectivity index (χ3n) is 3.94. The van der Waals surface area contributed by atoms with Gasteiger partial charge in [-0.25, -0.2) is 8.42 Å². The number of hydrogen-bond donors (Lipinski definition) is 1.